The lowest BCUT2D eigenvalue weighted by atomic mass is 10.1. The monoisotopic (exact) mass is 306 g/mol. The molecule has 0 fully saturated rings. The van der Waals surface area contributed by atoms with E-state index >= 15 is 0 Å². The Morgan fingerprint density at radius 2 is 1.61 bits per heavy atom. The number of carbonyl (C=O) groups excluding carboxylic acids is 2. The molecule has 3 heteroatoms. The molecule has 2 aromatic rings. The predicted molar refractivity (Wildman–Crippen MR) is 91.4 cm³/mol. The van der Waals surface area contributed by atoms with E-state index in [1.165, 1.54) is 6.08 Å². The molecule has 0 amide bonds. The second-order valence-electron chi connectivity index (χ2n) is 5.30. The Balaban J connectivity index is 2.02. The Morgan fingerprint density at radius 3 is 2.17 bits per heavy atom. The molecule has 0 atom stereocenters. The summed E-state index contributed by atoms with van der Waals surface area (Å²) in [7, 11) is 0. The number of allylic oxidation sites excluding steroid dienone is 1. The van der Waals surface area contributed by atoms with Crippen molar-refractivity contribution in [2.75, 3.05) is 0 Å². The van der Waals surface area contributed by atoms with Gasteiger partial charge in [0.25, 0.3) is 0 Å². The third-order valence-electron chi connectivity index (χ3n) is 3.20. The average Bonchev–Trinajstić information content (AvgIpc) is 2.54. The first-order valence-electron chi connectivity index (χ1n) is 7.22. The Kier molecular flexibility index (Phi) is 5.26. The van der Waals surface area contributed by atoms with E-state index < -0.39 is 5.97 Å². The highest BCUT2D eigenvalue weighted by Crippen LogP contribution is 2.15. The number of rotatable bonds is 5. The third kappa shape index (κ3) is 4.78. The second kappa shape index (κ2) is 7.36. The molecule has 0 N–H and O–H groups in total. The molecule has 0 spiro atoms. The maximum absolute atomic E-state index is 12.1. The predicted octanol–water partition coefficient (Wildman–Crippen LogP) is 4.37. The van der Waals surface area contributed by atoms with Gasteiger partial charge in [-0.25, -0.2) is 4.79 Å². The highest BCUT2D eigenvalue weighted by atomic mass is 16.5. The van der Waals surface area contributed by atoms with E-state index in [1.54, 1.807) is 37.3 Å². The van der Waals surface area contributed by atoms with Crippen LogP contribution < -0.4 is 4.74 Å². The van der Waals surface area contributed by atoms with E-state index in [2.05, 4.69) is 6.58 Å². The van der Waals surface area contributed by atoms with Crippen LogP contribution in [0.1, 0.15) is 28.4 Å². The minimum atomic E-state index is -0.456. The highest BCUT2D eigenvalue weighted by Gasteiger charge is 2.05. The zero-order valence-corrected chi connectivity index (χ0v) is 13.2. The Hall–Kier alpha value is -2.94. The summed E-state index contributed by atoms with van der Waals surface area (Å²) in [6, 6.07) is 14.3. The maximum atomic E-state index is 12.1. The van der Waals surface area contributed by atoms with Crippen molar-refractivity contribution in [2.45, 2.75) is 13.8 Å². The van der Waals surface area contributed by atoms with Gasteiger partial charge in [0, 0.05) is 11.1 Å². The molecule has 0 aliphatic carbocycles. The lowest BCUT2D eigenvalue weighted by Crippen LogP contribution is -2.07. The summed E-state index contributed by atoms with van der Waals surface area (Å²) < 4.78 is 5.11. The van der Waals surface area contributed by atoms with Crippen molar-refractivity contribution in [2.24, 2.45) is 0 Å². The quantitative estimate of drug-likeness (QED) is 0.356. The van der Waals surface area contributed by atoms with Gasteiger partial charge < -0.3 is 4.74 Å². The van der Waals surface area contributed by atoms with Gasteiger partial charge in [0.1, 0.15) is 5.75 Å². The normalized spacial score (nSPS) is 10.5. The maximum Gasteiger partial charge on any atom is 0.338 e. The molecule has 23 heavy (non-hydrogen) atoms. The van der Waals surface area contributed by atoms with Crippen LogP contribution in [0.5, 0.6) is 5.75 Å². The number of hydrogen-bond acceptors (Lipinski definition) is 3. The number of aryl methyl sites for hydroxylation is 1. The van der Waals surface area contributed by atoms with E-state index in [0.29, 0.717) is 16.9 Å². The van der Waals surface area contributed by atoms with Crippen molar-refractivity contribution in [3.63, 3.8) is 0 Å². The van der Waals surface area contributed by atoms with Crippen molar-refractivity contribution >= 4 is 17.8 Å². The van der Waals surface area contributed by atoms with Gasteiger partial charge in [-0.2, -0.15) is 0 Å². The molecule has 116 valence electrons. The summed E-state index contributed by atoms with van der Waals surface area (Å²) in [6.45, 7) is 7.10. The average molecular weight is 306 g/mol. The van der Waals surface area contributed by atoms with Gasteiger partial charge in [0.15, 0.2) is 5.78 Å². The minimum absolute atomic E-state index is 0.0530. The van der Waals surface area contributed by atoms with Crippen LogP contribution in [0, 0.1) is 6.92 Å². The molecule has 0 aliphatic heterocycles. The fraction of sp³-hybridized carbons (Fsp3) is 0.100. The van der Waals surface area contributed by atoms with Gasteiger partial charge in [-0.3, -0.25) is 4.79 Å². The first-order chi connectivity index (χ1) is 11.0. The number of carbonyl (C=O) groups is 2. The van der Waals surface area contributed by atoms with Gasteiger partial charge >= 0.3 is 5.97 Å². The first-order valence-corrected chi connectivity index (χ1v) is 7.22. The molecule has 0 aliphatic rings. The summed E-state index contributed by atoms with van der Waals surface area (Å²) in [5.41, 5.74) is 2.96. The number of benzene rings is 2. The van der Waals surface area contributed by atoms with E-state index in [1.807, 2.05) is 31.2 Å². The fourth-order valence-electron chi connectivity index (χ4n) is 1.83. The third-order valence-corrected chi connectivity index (χ3v) is 3.20. The van der Waals surface area contributed by atoms with Gasteiger partial charge in [-0.15, -0.1) is 0 Å². The van der Waals surface area contributed by atoms with Crippen LogP contribution in [0.3, 0.4) is 0 Å². The van der Waals surface area contributed by atoms with Gasteiger partial charge in [-0.1, -0.05) is 54.6 Å². The molecule has 2 aromatic carbocycles. The van der Waals surface area contributed by atoms with Gasteiger partial charge in [-0.05, 0) is 37.6 Å². The number of hydrogen-bond donors (Lipinski definition) is 0. The fourth-order valence-corrected chi connectivity index (χ4v) is 1.83. The molecular formula is C20H18O3. The van der Waals surface area contributed by atoms with Crippen molar-refractivity contribution in [3.8, 4) is 5.75 Å². The number of ketones is 1. The van der Waals surface area contributed by atoms with Crippen LogP contribution in [0.25, 0.3) is 6.08 Å². The SMILES string of the molecule is C=C(C)C(=O)Oc1ccc(C=CC(=O)c2ccc(C)cc2)cc1. The molecule has 0 radical (unpaired) electrons. The zero-order valence-electron chi connectivity index (χ0n) is 13.2. The summed E-state index contributed by atoms with van der Waals surface area (Å²) in [5, 5.41) is 0. The van der Waals surface area contributed by atoms with E-state index in [9.17, 15) is 9.59 Å². The van der Waals surface area contributed by atoms with Crippen LogP contribution in [0.4, 0.5) is 0 Å². The second-order valence-corrected chi connectivity index (χ2v) is 5.30. The van der Waals surface area contributed by atoms with Gasteiger partial charge in [0.2, 0.25) is 0 Å². The molecule has 0 heterocycles. The Bertz CT molecular complexity index is 750. The zero-order chi connectivity index (χ0) is 16.8. The molecule has 0 saturated heterocycles. The van der Waals surface area contributed by atoms with Crippen LogP contribution >= 0.6 is 0 Å². The summed E-state index contributed by atoms with van der Waals surface area (Å²) in [4.78, 5) is 23.5. The smallest absolute Gasteiger partial charge is 0.338 e. The molecule has 0 saturated carbocycles. The molecule has 2 rings (SSSR count). The van der Waals surface area contributed by atoms with E-state index in [0.717, 1.165) is 11.1 Å². The van der Waals surface area contributed by atoms with E-state index in [-0.39, 0.29) is 5.78 Å². The van der Waals surface area contributed by atoms with Gasteiger partial charge in [0.05, 0.1) is 0 Å². The number of ether oxygens (including phenoxy) is 1. The Labute approximate surface area is 135 Å². The number of esters is 1. The Morgan fingerprint density at radius 1 is 1.00 bits per heavy atom. The summed E-state index contributed by atoms with van der Waals surface area (Å²) >= 11 is 0. The molecule has 0 unspecified atom stereocenters. The van der Waals surface area contributed by atoms with E-state index in [4.69, 9.17) is 4.74 Å². The standard InChI is InChI=1S/C20H18O3/c1-14(2)20(22)23-18-11-6-16(7-12-18)8-13-19(21)17-9-4-15(3)5-10-17/h4-13H,1H2,2-3H3. The van der Waals surface area contributed by atoms with Crippen molar-refractivity contribution in [1.82, 2.24) is 0 Å². The molecular weight excluding hydrogens is 288 g/mol. The van der Waals surface area contributed by atoms with Crippen molar-refractivity contribution in [3.05, 3.63) is 83.4 Å². The topological polar surface area (TPSA) is 43.4 Å². The van der Waals surface area contributed by atoms with Crippen molar-refractivity contribution < 1.29 is 14.3 Å². The van der Waals surface area contributed by atoms with Crippen LogP contribution in [-0.4, -0.2) is 11.8 Å². The summed E-state index contributed by atoms with van der Waals surface area (Å²) in [5.74, 6) is -0.0642. The first kappa shape index (κ1) is 16.4. The van der Waals surface area contributed by atoms with Crippen molar-refractivity contribution in [1.29, 1.82) is 0 Å². The van der Waals surface area contributed by atoms with Crippen LogP contribution in [-0.2, 0) is 4.79 Å². The lowest BCUT2D eigenvalue weighted by Gasteiger charge is -2.03. The largest absolute Gasteiger partial charge is 0.423 e. The van der Waals surface area contributed by atoms with Crippen LogP contribution in [0.2, 0.25) is 0 Å². The lowest BCUT2D eigenvalue weighted by molar-refractivity contribution is -0.130. The molecule has 3 nitrogen and oxygen atoms in total. The van der Waals surface area contributed by atoms with Crippen LogP contribution in [0.15, 0.2) is 66.8 Å². The minimum Gasteiger partial charge on any atom is -0.423 e. The summed E-state index contributed by atoms with van der Waals surface area (Å²) in [6.07, 6.45) is 3.26. The molecule has 0 bridgehead atoms. The highest BCUT2D eigenvalue weighted by molar-refractivity contribution is 6.06. The molecule has 0 aromatic heterocycles.